The minimum atomic E-state index is -0.346. The third-order valence-electron chi connectivity index (χ3n) is 6.50. The van der Waals surface area contributed by atoms with Gasteiger partial charge in [0.25, 0.3) is 0 Å². The molecule has 0 spiro atoms. The van der Waals surface area contributed by atoms with E-state index in [2.05, 4.69) is 19.6 Å². The number of anilines is 1. The van der Waals surface area contributed by atoms with Crippen LogP contribution in [0.3, 0.4) is 0 Å². The first-order chi connectivity index (χ1) is 15.6. The van der Waals surface area contributed by atoms with Crippen LogP contribution >= 0.6 is 0 Å². The fourth-order valence-corrected chi connectivity index (χ4v) is 5.04. The maximum Gasteiger partial charge on any atom is 0.207 e. The van der Waals surface area contributed by atoms with Crippen molar-refractivity contribution in [3.05, 3.63) is 53.7 Å². The number of nitrogens with zero attached hydrogens (tertiary/aromatic N) is 5. The van der Waals surface area contributed by atoms with Gasteiger partial charge in [0.15, 0.2) is 5.75 Å². The quantitative estimate of drug-likeness (QED) is 0.530. The minimum Gasteiger partial charge on any atom is -0.488 e. The highest BCUT2D eigenvalue weighted by molar-refractivity contribution is 5.94. The fraction of sp³-hybridized carbons (Fsp3) is 0.375. The first kappa shape index (κ1) is 19.3. The lowest BCUT2D eigenvalue weighted by atomic mass is 10.0. The molecular weight excluding hydrogens is 406 g/mol. The van der Waals surface area contributed by atoms with E-state index in [9.17, 15) is 5.11 Å². The first-order valence-corrected chi connectivity index (χ1v) is 11.1. The molecule has 3 aromatic heterocycles. The Balaban J connectivity index is 1.61. The molecule has 1 N–H and O–H groups in total. The second-order valence-corrected chi connectivity index (χ2v) is 8.61. The number of aryl methyl sites for hydroxylation is 2. The second kappa shape index (κ2) is 7.34. The molecule has 2 aliphatic rings. The van der Waals surface area contributed by atoms with Crippen LogP contribution in [0, 0.1) is 13.8 Å². The third kappa shape index (κ3) is 2.90. The normalized spacial score (nSPS) is 20.5. The van der Waals surface area contributed by atoms with Crippen LogP contribution in [0.25, 0.3) is 22.2 Å². The molecule has 6 rings (SSSR count). The maximum absolute atomic E-state index is 10.3. The van der Waals surface area contributed by atoms with Gasteiger partial charge in [-0.25, -0.2) is 4.98 Å². The summed E-state index contributed by atoms with van der Waals surface area (Å²) in [6, 6.07) is 9.90. The average Bonchev–Trinajstić information content (AvgIpc) is 3.36. The molecule has 4 aromatic rings. The molecule has 5 heterocycles. The molecule has 2 aliphatic heterocycles. The van der Waals surface area contributed by atoms with Crippen LogP contribution in [0.4, 0.5) is 5.95 Å². The molecule has 2 atom stereocenters. The molecule has 0 amide bonds. The molecule has 8 nitrogen and oxygen atoms in total. The molecule has 0 aliphatic carbocycles. The third-order valence-corrected chi connectivity index (χ3v) is 6.50. The Kier molecular flexibility index (Phi) is 4.43. The minimum absolute atomic E-state index is 0.109. The number of pyridine rings is 1. The van der Waals surface area contributed by atoms with Gasteiger partial charge in [0.05, 0.1) is 28.6 Å². The number of hydrogen-bond acceptors (Lipinski definition) is 7. The number of imidazole rings is 1. The summed E-state index contributed by atoms with van der Waals surface area (Å²) in [6.07, 6.45) is 3.22. The van der Waals surface area contributed by atoms with Gasteiger partial charge in [-0.05, 0) is 51.0 Å². The predicted octanol–water partition coefficient (Wildman–Crippen LogP) is 3.65. The number of piperidine rings is 1. The van der Waals surface area contributed by atoms with Gasteiger partial charge in [-0.2, -0.15) is 0 Å². The molecule has 1 fully saturated rings. The summed E-state index contributed by atoms with van der Waals surface area (Å²) < 4.78 is 14.1. The molecule has 0 saturated carbocycles. The summed E-state index contributed by atoms with van der Waals surface area (Å²) in [5, 5.41) is 14.5. The number of hydrogen-bond donors (Lipinski definition) is 1. The lowest BCUT2D eigenvalue weighted by Gasteiger charge is -2.34. The van der Waals surface area contributed by atoms with Crippen molar-refractivity contribution in [2.45, 2.75) is 38.8 Å². The van der Waals surface area contributed by atoms with Gasteiger partial charge in [0.1, 0.15) is 23.9 Å². The van der Waals surface area contributed by atoms with E-state index in [1.54, 1.807) is 0 Å². The number of β-amino-alcohol motifs (C(OH)–C–C–N with tert-alkyl or cyclic N) is 1. The van der Waals surface area contributed by atoms with E-state index < -0.39 is 0 Å². The Morgan fingerprint density at radius 2 is 2.06 bits per heavy atom. The van der Waals surface area contributed by atoms with Crippen molar-refractivity contribution in [2.24, 2.45) is 0 Å². The molecule has 1 aromatic carbocycles. The van der Waals surface area contributed by atoms with E-state index in [1.807, 2.05) is 50.4 Å². The largest absolute Gasteiger partial charge is 0.488 e. The zero-order chi connectivity index (χ0) is 21.8. The van der Waals surface area contributed by atoms with Gasteiger partial charge in [-0.3, -0.25) is 9.55 Å². The highest BCUT2D eigenvalue weighted by atomic mass is 16.5. The Bertz CT molecular complexity index is 1280. The number of benzene rings is 1. The van der Waals surface area contributed by atoms with E-state index in [4.69, 9.17) is 14.2 Å². The molecule has 1 saturated heterocycles. The second-order valence-electron chi connectivity index (χ2n) is 8.61. The first-order valence-electron chi connectivity index (χ1n) is 11.1. The van der Waals surface area contributed by atoms with E-state index in [0.29, 0.717) is 13.2 Å². The number of aliphatic hydroxyl groups excluding tert-OH is 1. The van der Waals surface area contributed by atoms with Gasteiger partial charge >= 0.3 is 0 Å². The fourth-order valence-electron chi connectivity index (χ4n) is 5.04. The number of aromatic nitrogens is 4. The molecular formula is C24H25N5O3. The van der Waals surface area contributed by atoms with Crippen molar-refractivity contribution in [1.82, 2.24) is 19.7 Å². The Hall–Kier alpha value is -3.39. The van der Waals surface area contributed by atoms with Gasteiger partial charge in [-0.15, -0.1) is 0 Å². The summed E-state index contributed by atoms with van der Waals surface area (Å²) >= 11 is 0. The molecule has 0 unspecified atom stereocenters. The molecule has 8 heteroatoms. The van der Waals surface area contributed by atoms with Crippen molar-refractivity contribution in [1.29, 1.82) is 0 Å². The summed E-state index contributed by atoms with van der Waals surface area (Å²) in [6.45, 7) is 5.75. The van der Waals surface area contributed by atoms with Crippen LogP contribution in [0.2, 0.25) is 0 Å². The summed E-state index contributed by atoms with van der Waals surface area (Å²) in [7, 11) is 0. The molecule has 0 bridgehead atoms. The lowest BCUT2D eigenvalue weighted by molar-refractivity contribution is 0.152. The number of ether oxygens (including phenoxy) is 1. The maximum atomic E-state index is 10.3. The lowest BCUT2D eigenvalue weighted by Crippen LogP contribution is -2.40. The Morgan fingerprint density at radius 1 is 1.16 bits per heavy atom. The van der Waals surface area contributed by atoms with Gasteiger partial charge in [0.2, 0.25) is 5.95 Å². The van der Waals surface area contributed by atoms with Crippen LogP contribution in [-0.4, -0.2) is 50.6 Å². The SMILES string of the molecule is Cc1noc(C)c1-c1ccc2nc(N3CCC[C@@H](O)C3)n3c2c1OC[C@H]3c1ccccn1. The van der Waals surface area contributed by atoms with Gasteiger partial charge < -0.3 is 19.3 Å². The van der Waals surface area contributed by atoms with Crippen molar-refractivity contribution in [2.75, 3.05) is 24.6 Å². The van der Waals surface area contributed by atoms with Crippen molar-refractivity contribution >= 4 is 17.0 Å². The highest BCUT2D eigenvalue weighted by Crippen LogP contribution is 2.45. The highest BCUT2D eigenvalue weighted by Gasteiger charge is 2.34. The predicted molar refractivity (Wildman–Crippen MR) is 120 cm³/mol. The van der Waals surface area contributed by atoms with Crippen LogP contribution < -0.4 is 9.64 Å². The summed E-state index contributed by atoms with van der Waals surface area (Å²) in [5.41, 5.74) is 5.49. The van der Waals surface area contributed by atoms with Crippen molar-refractivity contribution in [3.63, 3.8) is 0 Å². The van der Waals surface area contributed by atoms with Crippen molar-refractivity contribution < 1.29 is 14.4 Å². The monoisotopic (exact) mass is 431 g/mol. The molecule has 32 heavy (non-hydrogen) atoms. The van der Waals surface area contributed by atoms with Crippen LogP contribution in [-0.2, 0) is 0 Å². The Morgan fingerprint density at radius 3 is 2.81 bits per heavy atom. The zero-order valence-corrected chi connectivity index (χ0v) is 18.2. The average molecular weight is 431 g/mol. The van der Waals surface area contributed by atoms with Crippen molar-refractivity contribution in [3.8, 4) is 16.9 Å². The number of rotatable bonds is 3. The summed E-state index contributed by atoms with van der Waals surface area (Å²) in [4.78, 5) is 11.8. The summed E-state index contributed by atoms with van der Waals surface area (Å²) in [5.74, 6) is 2.41. The standard InChI is InChI=1S/C24H25N5O3/c1-14-21(15(2)32-27-14)17-8-9-19-22-23(17)31-13-20(18-7-3-4-10-25-18)29(22)24(26-19)28-11-5-6-16(30)12-28/h3-4,7-10,16,20,30H,5-6,11-13H2,1-2H3/t16-,20+/m1/s1. The van der Waals surface area contributed by atoms with E-state index in [0.717, 1.165) is 70.4 Å². The van der Waals surface area contributed by atoms with Gasteiger partial charge in [0, 0.05) is 24.8 Å². The van der Waals surface area contributed by atoms with Crippen LogP contribution in [0.1, 0.15) is 36.0 Å². The molecule has 164 valence electrons. The van der Waals surface area contributed by atoms with E-state index >= 15 is 0 Å². The van der Waals surface area contributed by atoms with Crippen LogP contribution in [0.5, 0.6) is 5.75 Å². The zero-order valence-electron chi connectivity index (χ0n) is 18.2. The van der Waals surface area contributed by atoms with Crippen LogP contribution in [0.15, 0.2) is 41.1 Å². The topological polar surface area (TPSA) is 89.4 Å². The van der Waals surface area contributed by atoms with Gasteiger partial charge in [-0.1, -0.05) is 11.2 Å². The Labute approximate surface area is 185 Å². The smallest absolute Gasteiger partial charge is 0.207 e. The molecule has 0 radical (unpaired) electrons. The number of aliphatic hydroxyl groups is 1. The van der Waals surface area contributed by atoms with E-state index in [-0.39, 0.29) is 12.1 Å². The van der Waals surface area contributed by atoms with E-state index in [1.165, 1.54) is 0 Å².